The molecule has 1 aliphatic heterocycles. The minimum Gasteiger partial charge on any atom is -0.391 e. The summed E-state index contributed by atoms with van der Waals surface area (Å²) in [6, 6.07) is 4.44. The van der Waals surface area contributed by atoms with Crippen molar-refractivity contribution in [3.05, 3.63) is 39.4 Å². The first-order valence-electron chi connectivity index (χ1n) is 5.71. The van der Waals surface area contributed by atoms with Gasteiger partial charge in [0.1, 0.15) is 0 Å². The molecule has 96 valence electrons. The number of carbonyl (C=O) groups is 1. The summed E-state index contributed by atoms with van der Waals surface area (Å²) in [5.41, 5.74) is 0.764. The van der Waals surface area contributed by atoms with Gasteiger partial charge in [-0.2, -0.15) is 0 Å². The first-order valence-corrected chi connectivity index (χ1v) is 5.71. The molecule has 0 saturated carbocycles. The predicted molar refractivity (Wildman–Crippen MR) is 64.4 cm³/mol. The van der Waals surface area contributed by atoms with Crippen LogP contribution in [0.3, 0.4) is 0 Å². The number of carbonyl (C=O) groups excluding carboxylic acids is 1. The van der Waals surface area contributed by atoms with Crippen LogP contribution in [0.25, 0.3) is 0 Å². The van der Waals surface area contributed by atoms with E-state index in [0.29, 0.717) is 30.6 Å². The van der Waals surface area contributed by atoms with Gasteiger partial charge in [-0.1, -0.05) is 6.07 Å². The topological polar surface area (TPSA) is 83.7 Å². The van der Waals surface area contributed by atoms with Gasteiger partial charge < -0.3 is 10.0 Å². The maximum absolute atomic E-state index is 12.1. The standard InChI is InChI=1S/C12H14N2O4/c1-8-2-3-9(6-11(8)14(17)18)12(16)13-5-4-10(15)7-13/h2-3,6,10,15H,4-5,7H2,1H3/t10-/m1/s1. The van der Waals surface area contributed by atoms with Crippen LogP contribution >= 0.6 is 0 Å². The van der Waals surface area contributed by atoms with Crippen molar-refractivity contribution < 1.29 is 14.8 Å². The number of nitrogens with zero attached hydrogens (tertiary/aromatic N) is 2. The van der Waals surface area contributed by atoms with Gasteiger partial charge in [0.2, 0.25) is 0 Å². The molecule has 2 rings (SSSR count). The lowest BCUT2D eigenvalue weighted by atomic mass is 10.1. The number of aliphatic hydroxyl groups is 1. The van der Waals surface area contributed by atoms with Gasteiger partial charge in [-0.05, 0) is 19.4 Å². The zero-order valence-electron chi connectivity index (χ0n) is 10.00. The molecule has 1 aromatic rings. The average molecular weight is 250 g/mol. The Labute approximate surface area is 104 Å². The Morgan fingerprint density at radius 3 is 2.83 bits per heavy atom. The van der Waals surface area contributed by atoms with E-state index >= 15 is 0 Å². The molecule has 6 heteroatoms. The van der Waals surface area contributed by atoms with E-state index in [4.69, 9.17) is 0 Å². The van der Waals surface area contributed by atoms with Crippen molar-refractivity contribution in [1.82, 2.24) is 4.90 Å². The van der Waals surface area contributed by atoms with Gasteiger partial charge in [0.05, 0.1) is 11.0 Å². The second kappa shape index (κ2) is 4.73. The first kappa shape index (κ1) is 12.5. The predicted octanol–water partition coefficient (Wildman–Crippen LogP) is 1.11. The van der Waals surface area contributed by atoms with E-state index in [1.807, 2.05) is 0 Å². The minimum atomic E-state index is -0.495. The highest BCUT2D eigenvalue weighted by molar-refractivity contribution is 5.95. The van der Waals surface area contributed by atoms with E-state index < -0.39 is 11.0 Å². The Hall–Kier alpha value is -1.95. The highest BCUT2D eigenvalue weighted by atomic mass is 16.6. The highest BCUT2D eigenvalue weighted by Crippen LogP contribution is 2.21. The molecule has 1 aliphatic rings. The third kappa shape index (κ3) is 2.33. The lowest BCUT2D eigenvalue weighted by Gasteiger charge is -2.15. The molecular weight excluding hydrogens is 236 g/mol. The lowest BCUT2D eigenvalue weighted by Crippen LogP contribution is -2.29. The molecule has 0 bridgehead atoms. The van der Waals surface area contributed by atoms with E-state index in [-0.39, 0.29) is 11.6 Å². The SMILES string of the molecule is Cc1ccc(C(=O)N2CC[C@@H](O)C2)cc1[N+](=O)[O-]. The zero-order valence-corrected chi connectivity index (χ0v) is 10.00. The number of rotatable bonds is 2. The molecule has 1 atom stereocenters. The Balaban J connectivity index is 2.26. The van der Waals surface area contributed by atoms with Crippen LogP contribution in [0.15, 0.2) is 18.2 Å². The molecular formula is C12H14N2O4. The Morgan fingerprint density at radius 2 is 2.28 bits per heavy atom. The summed E-state index contributed by atoms with van der Waals surface area (Å²) in [5, 5.41) is 20.2. The molecule has 1 saturated heterocycles. The van der Waals surface area contributed by atoms with Gasteiger partial charge in [-0.15, -0.1) is 0 Å². The first-order chi connectivity index (χ1) is 8.49. The molecule has 1 aromatic carbocycles. The van der Waals surface area contributed by atoms with E-state index in [9.17, 15) is 20.0 Å². The van der Waals surface area contributed by atoms with Crippen LogP contribution in [0.5, 0.6) is 0 Å². The molecule has 6 nitrogen and oxygen atoms in total. The highest BCUT2D eigenvalue weighted by Gasteiger charge is 2.26. The monoisotopic (exact) mass is 250 g/mol. The molecule has 0 aliphatic carbocycles. The Bertz CT molecular complexity index is 501. The van der Waals surface area contributed by atoms with E-state index in [1.165, 1.54) is 11.0 Å². The fourth-order valence-electron chi connectivity index (χ4n) is 2.05. The van der Waals surface area contributed by atoms with Gasteiger partial charge >= 0.3 is 0 Å². The van der Waals surface area contributed by atoms with Crippen molar-refractivity contribution in [1.29, 1.82) is 0 Å². The van der Waals surface area contributed by atoms with Crippen LogP contribution in [0, 0.1) is 17.0 Å². The van der Waals surface area contributed by atoms with E-state index in [2.05, 4.69) is 0 Å². The van der Waals surface area contributed by atoms with Crippen LogP contribution in [0.2, 0.25) is 0 Å². The number of nitro groups is 1. The summed E-state index contributed by atoms with van der Waals surface area (Å²) in [4.78, 5) is 23.9. The quantitative estimate of drug-likeness (QED) is 0.629. The second-order valence-electron chi connectivity index (χ2n) is 4.45. The third-order valence-electron chi connectivity index (χ3n) is 3.10. The van der Waals surface area contributed by atoms with Crippen molar-refractivity contribution in [2.75, 3.05) is 13.1 Å². The number of nitro benzene ring substituents is 1. The third-order valence-corrected chi connectivity index (χ3v) is 3.10. The fraction of sp³-hybridized carbons (Fsp3) is 0.417. The number of aliphatic hydroxyl groups excluding tert-OH is 1. The Kier molecular flexibility index (Phi) is 3.29. The van der Waals surface area contributed by atoms with Crippen LogP contribution < -0.4 is 0 Å². The van der Waals surface area contributed by atoms with Crippen molar-refractivity contribution in [2.24, 2.45) is 0 Å². The summed E-state index contributed by atoms with van der Waals surface area (Å²) in [5.74, 6) is -0.269. The summed E-state index contributed by atoms with van der Waals surface area (Å²) < 4.78 is 0. The molecule has 0 aromatic heterocycles. The smallest absolute Gasteiger partial charge is 0.273 e. The van der Waals surface area contributed by atoms with E-state index in [1.54, 1.807) is 19.1 Å². The molecule has 0 radical (unpaired) electrons. The summed E-state index contributed by atoms with van der Waals surface area (Å²) in [6.45, 7) is 2.41. The lowest BCUT2D eigenvalue weighted by molar-refractivity contribution is -0.385. The van der Waals surface area contributed by atoms with Gasteiger partial charge in [0.25, 0.3) is 11.6 Å². The van der Waals surface area contributed by atoms with Gasteiger partial charge in [-0.3, -0.25) is 14.9 Å². The molecule has 18 heavy (non-hydrogen) atoms. The maximum Gasteiger partial charge on any atom is 0.273 e. The molecule has 1 heterocycles. The number of amides is 1. The summed E-state index contributed by atoms with van der Waals surface area (Å²) in [6.07, 6.45) is 0.0639. The van der Waals surface area contributed by atoms with Crippen molar-refractivity contribution in [3.8, 4) is 0 Å². The van der Waals surface area contributed by atoms with Crippen LogP contribution in [0.4, 0.5) is 5.69 Å². The minimum absolute atomic E-state index is 0.0550. The number of hydrogen-bond acceptors (Lipinski definition) is 4. The van der Waals surface area contributed by atoms with Crippen molar-refractivity contribution in [3.63, 3.8) is 0 Å². The molecule has 1 amide bonds. The number of β-amino-alcohol motifs (C(OH)–C–C–N with tert-alkyl or cyclic N) is 1. The second-order valence-corrected chi connectivity index (χ2v) is 4.45. The number of aryl methyl sites for hydroxylation is 1. The number of hydrogen-bond donors (Lipinski definition) is 1. The van der Waals surface area contributed by atoms with Crippen molar-refractivity contribution in [2.45, 2.75) is 19.4 Å². The molecule has 0 spiro atoms. The van der Waals surface area contributed by atoms with Crippen LogP contribution in [-0.4, -0.2) is 40.0 Å². The van der Waals surface area contributed by atoms with Gasteiger partial charge in [0, 0.05) is 30.3 Å². The average Bonchev–Trinajstić information content (AvgIpc) is 2.75. The van der Waals surface area contributed by atoms with Crippen LogP contribution in [-0.2, 0) is 0 Å². The van der Waals surface area contributed by atoms with Crippen molar-refractivity contribution >= 4 is 11.6 Å². The normalized spacial score (nSPS) is 19.0. The van der Waals surface area contributed by atoms with E-state index in [0.717, 1.165) is 0 Å². The summed E-state index contributed by atoms with van der Waals surface area (Å²) in [7, 11) is 0. The molecule has 0 unspecified atom stereocenters. The Morgan fingerprint density at radius 1 is 1.56 bits per heavy atom. The fourth-order valence-corrected chi connectivity index (χ4v) is 2.05. The zero-order chi connectivity index (χ0) is 13.3. The van der Waals surface area contributed by atoms with Gasteiger partial charge in [0.15, 0.2) is 0 Å². The number of likely N-dealkylation sites (tertiary alicyclic amines) is 1. The van der Waals surface area contributed by atoms with Crippen LogP contribution in [0.1, 0.15) is 22.3 Å². The summed E-state index contributed by atoms with van der Waals surface area (Å²) >= 11 is 0. The maximum atomic E-state index is 12.1. The van der Waals surface area contributed by atoms with Gasteiger partial charge in [-0.25, -0.2) is 0 Å². The molecule has 1 N–H and O–H groups in total. The molecule has 1 fully saturated rings. The largest absolute Gasteiger partial charge is 0.391 e. The number of benzene rings is 1.